The summed E-state index contributed by atoms with van der Waals surface area (Å²) in [5.74, 6) is -0.602. The van der Waals surface area contributed by atoms with E-state index in [0.717, 1.165) is 16.7 Å². The molecule has 2 atom stereocenters. The van der Waals surface area contributed by atoms with Crippen molar-refractivity contribution in [3.05, 3.63) is 104 Å². The molecule has 0 radical (unpaired) electrons. The molecule has 8 nitrogen and oxygen atoms in total. The third-order valence-corrected chi connectivity index (χ3v) is 6.06. The number of rotatable bonds is 9. The van der Waals surface area contributed by atoms with Gasteiger partial charge in [-0.2, -0.15) is 0 Å². The van der Waals surface area contributed by atoms with E-state index >= 15 is 0 Å². The topological polar surface area (TPSA) is 124 Å². The standard InChI is InChI=1S/C26H28ClN3O5/c1-16-11-20(27)8-9-22(16)23(12-24(29-35)19-7-10-25(33)30(2)14-19)17-3-5-18(6-4-17)26(34)28-13-21(32)15-31/h3-11,14,21,23,31-32,35H,12-13,15H2,1-2H3,(H,28,34). The normalized spacial score (nSPS) is 13.3. The van der Waals surface area contributed by atoms with Crippen molar-refractivity contribution in [2.24, 2.45) is 12.2 Å². The summed E-state index contributed by atoms with van der Waals surface area (Å²) in [5.41, 5.74) is 4.07. The average Bonchev–Trinajstić information content (AvgIpc) is 2.85. The lowest BCUT2D eigenvalue weighted by atomic mass is 9.83. The third kappa shape index (κ3) is 6.57. The Morgan fingerprint density at radius 3 is 2.40 bits per heavy atom. The summed E-state index contributed by atoms with van der Waals surface area (Å²) in [6, 6.07) is 15.6. The van der Waals surface area contributed by atoms with E-state index < -0.39 is 12.7 Å². The number of carbonyl (C=O) groups excluding carboxylic acids is 1. The van der Waals surface area contributed by atoms with Gasteiger partial charge in [0, 0.05) is 54.3 Å². The fourth-order valence-corrected chi connectivity index (χ4v) is 4.08. The number of aliphatic hydroxyl groups is 2. The molecule has 9 heteroatoms. The minimum absolute atomic E-state index is 0.0560. The Morgan fingerprint density at radius 1 is 1.11 bits per heavy atom. The van der Waals surface area contributed by atoms with E-state index in [-0.39, 0.29) is 23.9 Å². The van der Waals surface area contributed by atoms with Crippen LogP contribution in [0, 0.1) is 6.92 Å². The van der Waals surface area contributed by atoms with Crippen molar-refractivity contribution in [1.29, 1.82) is 0 Å². The second-order valence-electron chi connectivity index (χ2n) is 8.34. The van der Waals surface area contributed by atoms with Gasteiger partial charge in [-0.05, 0) is 53.9 Å². The second kappa shape index (κ2) is 11.8. The SMILES string of the molecule is Cc1cc(Cl)ccc1C(CC(=NO)c1ccc(=O)n(C)c1)c1ccc(C(=O)NCC(O)CO)cc1. The van der Waals surface area contributed by atoms with Gasteiger partial charge in [0.25, 0.3) is 5.91 Å². The number of hydrogen-bond acceptors (Lipinski definition) is 6. The fraction of sp³-hybridized carbons (Fsp3) is 0.269. The quantitative estimate of drug-likeness (QED) is 0.205. The zero-order valence-electron chi connectivity index (χ0n) is 19.5. The summed E-state index contributed by atoms with van der Waals surface area (Å²) < 4.78 is 1.42. The van der Waals surface area contributed by atoms with E-state index in [1.165, 1.54) is 10.6 Å². The van der Waals surface area contributed by atoms with Crippen molar-refractivity contribution in [2.45, 2.75) is 25.4 Å². The molecule has 0 aliphatic rings. The van der Waals surface area contributed by atoms with Crippen molar-refractivity contribution < 1.29 is 20.2 Å². The molecule has 0 saturated carbocycles. The molecule has 184 valence electrons. The van der Waals surface area contributed by atoms with E-state index in [4.69, 9.17) is 16.7 Å². The summed E-state index contributed by atoms with van der Waals surface area (Å²) in [4.78, 5) is 24.2. The van der Waals surface area contributed by atoms with E-state index in [2.05, 4.69) is 10.5 Å². The van der Waals surface area contributed by atoms with E-state index in [9.17, 15) is 19.9 Å². The van der Waals surface area contributed by atoms with Gasteiger partial charge in [0.05, 0.1) is 18.4 Å². The molecule has 0 fully saturated rings. The lowest BCUT2D eigenvalue weighted by Gasteiger charge is -2.21. The molecule has 3 aromatic rings. The molecule has 0 spiro atoms. The maximum absolute atomic E-state index is 12.4. The Labute approximate surface area is 208 Å². The summed E-state index contributed by atoms with van der Waals surface area (Å²) in [5, 5.41) is 34.9. The van der Waals surface area contributed by atoms with Gasteiger partial charge in [-0.3, -0.25) is 9.59 Å². The van der Waals surface area contributed by atoms with Crippen LogP contribution in [0.4, 0.5) is 0 Å². The number of halogens is 1. The number of benzene rings is 2. The molecule has 4 N–H and O–H groups in total. The third-order valence-electron chi connectivity index (χ3n) is 5.83. The van der Waals surface area contributed by atoms with Gasteiger partial charge in [-0.25, -0.2) is 0 Å². The molecule has 0 aliphatic carbocycles. The highest BCUT2D eigenvalue weighted by Crippen LogP contribution is 2.33. The van der Waals surface area contributed by atoms with Gasteiger partial charge in [-0.15, -0.1) is 0 Å². The highest BCUT2D eigenvalue weighted by atomic mass is 35.5. The van der Waals surface area contributed by atoms with Crippen LogP contribution < -0.4 is 10.9 Å². The van der Waals surface area contributed by atoms with E-state index in [1.807, 2.05) is 31.2 Å². The molecule has 0 saturated heterocycles. The van der Waals surface area contributed by atoms with Crippen molar-refractivity contribution in [2.75, 3.05) is 13.2 Å². The van der Waals surface area contributed by atoms with Crippen LogP contribution in [-0.2, 0) is 7.05 Å². The van der Waals surface area contributed by atoms with Crippen molar-refractivity contribution in [3.8, 4) is 0 Å². The van der Waals surface area contributed by atoms with Crippen molar-refractivity contribution in [3.63, 3.8) is 0 Å². The number of nitrogens with zero attached hydrogens (tertiary/aromatic N) is 2. The van der Waals surface area contributed by atoms with Gasteiger partial charge < -0.3 is 25.3 Å². The molecule has 1 amide bonds. The summed E-state index contributed by atoms with van der Waals surface area (Å²) in [7, 11) is 1.63. The summed E-state index contributed by atoms with van der Waals surface area (Å²) in [6.45, 7) is 1.45. The molecule has 1 heterocycles. The van der Waals surface area contributed by atoms with Gasteiger partial charge in [0.15, 0.2) is 0 Å². The van der Waals surface area contributed by atoms with E-state index in [0.29, 0.717) is 28.3 Å². The number of amides is 1. The molecule has 1 aromatic heterocycles. The van der Waals surface area contributed by atoms with Gasteiger partial charge in [0.1, 0.15) is 0 Å². The number of oxime groups is 1. The van der Waals surface area contributed by atoms with Gasteiger partial charge in [-0.1, -0.05) is 35.0 Å². The molecule has 2 unspecified atom stereocenters. The van der Waals surface area contributed by atoms with Crippen LogP contribution in [0.15, 0.2) is 70.7 Å². The van der Waals surface area contributed by atoms with Crippen LogP contribution in [0.25, 0.3) is 0 Å². The van der Waals surface area contributed by atoms with Crippen LogP contribution >= 0.6 is 11.6 Å². The van der Waals surface area contributed by atoms with Crippen LogP contribution in [0.1, 0.15) is 45.0 Å². The molecule has 0 bridgehead atoms. The Kier molecular flexibility index (Phi) is 8.81. The number of hydrogen-bond donors (Lipinski definition) is 4. The zero-order valence-corrected chi connectivity index (χ0v) is 20.2. The minimum Gasteiger partial charge on any atom is -0.411 e. The highest BCUT2D eigenvalue weighted by Gasteiger charge is 2.21. The summed E-state index contributed by atoms with van der Waals surface area (Å²) >= 11 is 6.17. The smallest absolute Gasteiger partial charge is 0.251 e. The minimum atomic E-state index is -1.02. The maximum atomic E-state index is 12.4. The fourth-order valence-electron chi connectivity index (χ4n) is 3.86. The van der Waals surface area contributed by atoms with Gasteiger partial charge >= 0.3 is 0 Å². The van der Waals surface area contributed by atoms with Crippen molar-refractivity contribution >= 4 is 23.2 Å². The zero-order chi connectivity index (χ0) is 25.5. The molecule has 2 aromatic carbocycles. The number of aliphatic hydroxyl groups excluding tert-OH is 2. The Balaban J connectivity index is 1.95. The van der Waals surface area contributed by atoms with Crippen LogP contribution in [-0.4, -0.2) is 50.9 Å². The molecular weight excluding hydrogens is 470 g/mol. The first-order chi connectivity index (χ1) is 16.7. The first-order valence-corrected chi connectivity index (χ1v) is 11.4. The lowest BCUT2D eigenvalue weighted by Crippen LogP contribution is -2.33. The number of aromatic nitrogens is 1. The number of carbonyl (C=O) groups is 1. The van der Waals surface area contributed by atoms with Crippen LogP contribution in [0.5, 0.6) is 0 Å². The molecular formula is C26H28ClN3O5. The number of aryl methyl sites for hydroxylation is 2. The van der Waals surface area contributed by atoms with E-state index in [1.54, 1.807) is 37.5 Å². The second-order valence-corrected chi connectivity index (χ2v) is 8.78. The average molecular weight is 498 g/mol. The largest absolute Gasteiger partial charge is 0.411 e. The lowest BCUT2D eigenvalue weighted by molar-refractivity contribution is 0.0802. The van der Waals surface area contributed by atoms with Gasteiger partial charge in [0.2, 0.25) is 5.56 Å². The maximum Gasteiger partial charge on any atom is 0.251 e. The first-order valence-electron chi connectivity index (χ1n) is 11.0. The summed E-state index contributed by atoms with van der Waals surface area (Å²) in [6.07, 6.45) is 0.923. The predicted molar refractivity (Wildman–Crippen MR) is 135 cm³/mol. The van der Waals surface area contributed by atoms with Crippen molar-refractivity contribution in [1.82, 2.24) is 9.88 Å². The highest BCUT2D eigenvalue weighted by molar-refractivity contribution is 6.30. The number of pyridine rings is 1. The predicted octanol–water partition coefficient (Wildman–Crippen LogP) is 2.83. The molecule has 0 aliphatic heterocycles. The Morgan fingerprint density at radius 2 is 1.80 bits per heavy atom. The molecule has 3 rings (SSSR count). The first kappa shape index (κ1) is 26.2. The number of nitrogens with one attached hydrogen (secondary N) is 1. The Hall–Kier alpha value is -3.46. The van der Waals surface area contributed by atoms with Crippen LogP contribution in [0.3, 0.4) is 0 Å². The Bertz CT molecular complexity index is 1270. The van der Waals surface area contributed by atoms with Crippen LogP contribution in [0.2, 0.25) is 5.02 Å². The molecule has 35 heavy (non-hydrogen) atoms. The monoisotopic (exact) mass is 497 g/mol.